The van der Waals surface area contributed by atoms with E-state index in [-0.39, 0.29) is 5.91 Å². The van der Waals surface area contributed by atoms with Crippen LogP contribution in [0.4, 0.5) is 5.00 Å². The van der Waals surface area contributed by atoms with E-state index < -0.39 is 0 Å². The molecular formula is C14H21NOS. The quantitative estimate of drug-likeness (QED) is 0.853. The van der Waals surface area contributed by atoms with Crippen molar-refractivity contribution in [3.05, 3.63) is 16.5 Å². The summed E-state index contributed by atoms with van der Waals surface area (Å²) in [5.41, 5.74) is 1.27. The number of carbonyl (C=O) groups excluding carboxylic acids is 1. The van der Waals surface area contributed by atoms with Crippen molar-refractivity contribution in [1.29, 1.82) is 0 Å². The van der Waals surface area contributed by atoms with Crippen LogP contribution < -0.4 is 5.32 Å². The van der Waals surface area contributed by atoms with E-state index in [1.807, 2.05) is 0 Å². The molecule has 0 atom stereocenters. The van der Waals surface area contributed by atoms with Gasteiger partial charge in [-0.2, -0.15) is 0 Å². The Morgan fingerprint density at radius 1 is 1.35 bits per heavy atom. The Kier molecular flexibility index (Phi) is 4.21. The second-order valence-electron chi connectivity index (χ2n) is 5.11. The van der Waals surface area contributed by atoms with Gasteiger partial charge in [0.05, 0.1) is 5.00 Å². The molecule has 0 spiro atoms. The van der Waals surface area contributed by atoms with Crippen molar-refractivity contribution in [3.8, 4) is 0 Å². The third-order valence-electron chi connectivity index (χ3n) is 3.63. The summed E-state index contributed by atoms with van der Waals surface area (Å²) < 4.78 is 0. The molecule has 94 valence electrons. The van der Waals surface area contributed by atoms with Gasteiger partial charge >= 0.3 is 0 Å². The van der Waals surface area contributed by atoms with E-state index in [1.54, 1.807) is 11.3 Å². The number of anilines is 1. The van der Waals surface area contributed by atoms with E-state index >= 15 is 0 Å². The van der Waals surface area contributed by atoms with Gasteiger partial charge in [0.15, 0.2) is 0 Å². The highest BCUT2D eigenvalue weighted by Gasteiger charge is 2.17. The maximum Gasteiger partial charge on any atom is 0.225 e. The highest BCUT2D eigenvalue weighted by Crippen LogP contribution is 2.28. The smallest absolute Gasteiger partial charge is 0.225 e. The normalized spacial score (nSPS) is 17.1. The van der Waals surface area contributed by atoms with Gasteiger partial charge in [0.2, 0.25) is 5.91 Å². The molecule has 1 amide bonds. The fraction of sp³-hybridized carbons (Fsp3) is 0.643. The summed E-state index contributed by atoms with van der Waals surface area (Å²) in [6.45, 7) is 4.18. The molecule has 0 aromatic carbocycles. The van der Waals surface area contributed by atoms with Crippen LogP contribution in [0.25, 0.3) is 0 Å². The van der Waals surface area contributed by atoms with Crippen molar-refractivity contribution in [3.63, 3.8) is 0 Å². The maximum absolute atomic E-state index is 11.9. The van der Waals surface area contributed by atoms with Crippen LogP contribution >= 0.6 is 11.3 Å². The highest BCUT2D eigenvalue weighted by molar-refractivity contribution is 7.16. The number of rotatable bonds is 3. The summed E-state index contributed by atoms with van der Waals surface area (Å²) in [6.07, 6.45) is 7.12. The fourth-order valence-corrected chi connectivity index (χ4v) is 3.43. The van der Waals surface area contributed by atoms with Crippen molar-refractivity contribution in [1.82, 2.24) is 0 Å². The second kappa shape index (κ2) is 5.67. The zero-order chi connectivity index (χ0) is 12.3. The SMILES string of the molecule is Cc1cc(NC(=O)CC2CCCCC2)sc1C. The summed E-state index contributed by atoms with van der Waals surface area (Å²) in [5, 5.41) is 4.03. The van der Waals surface area contributed by atoms with Crippen molar-refractivity contribution in [2.24, 2.45) is 5.92 Å². The number of hydrogen-bond donors (Lipinski definition) is 1. The molecule has 1 aliphatic carbocycles. The Morgan fingerprint density at radius 3 is 2.65 bits per heavy atom. The Hall–Kier alpha value is -0.830. The lowest BCUT2D eigenvalue weighted by Crippen LogP contribution is -2.17. The third-order valence-corrected chi connectivity index (χ3v) is 4.70. The Labute approximate surface area is 107 Å². The number of hydrogen-bond acceptors (Lipinski definition) is 2. The van der Waals surface area contributed by atoms with Crippen LogP contribution in [0.3, 0.4) is 0 Å². The van der Waals surface area contributed by atoms with Gasteiger partial charge in [-0.05, 0) is 44.2 Å². The highest BCUT2D eigenvalue weighted by atomic mass is 32.1. The predicted molar refractivity (Wildman–Crippen MR) is 73.6 cm³/mol. The van der Waals surface area contributed by atoms with Crippen LogP contribution in [0.5, 0.6) is 0 Å². The molecule has 17 heavy (non-hydrogen) atoms. The molecule has 2 nitrogen and oxygen atoms in total. The molecule has 0 aliphatic heterocycles. The lowest BCUT2D eigenvalue weighted by molar-refractivity contribution is -0.117. The molecule has 1 aromatic rings. The molecule has 0 saturated heterocycles. The first-order valence-electron chi connectivity index (χ1n) is 6.52. The molecule has 0 radical (unpaired) electrons. The average Bonchev–Trinajstić information content (AvgIpc) is 2.59. The largest absolute Gasteiger partial charge is 0.318 e. The van der Waals surface area contributed by atoms with Gasteiger partial charge in [-0.15, -0.1) is 11.3 Å². The number of nitrogens with one attached hydrogen (secondary N) is 1. The van der Waals surface area contributed by atoms with E-state index in [9.17, 15) is 4.79 Å². The van der Waals surface area contributed by atoms with Gasteiger partial charge in [0.25, 0.3) is 0 Å². The standard InChI is InChI=1S/C14H21NOS/c1-10-8-14(17-11(10)2)15-13(16)9-12-6-4-3-5-7-12/h8,12H,3-7,9H2,1-2H3,(H,15,16). The van der Waals surface area contributed by atoms with E-state index in [0.717, 1.165) is 5.00 Å². The number of carbonyl (C=O) groups is 1. The van der Waals surface area contributed by atoms with Gasteiger partial charge in [-0.1, -0.05) is 19.3 Å². The van der Waals surface area contributed by atoms with Gasteiger partial charge in [-0.25, -0.2) is 0 Å². The maximum atomic E-state index is 11.9. The minimum absolute atomic E-state index is 0.193. The fourth-order valence-electron chi connectivity index (χ4n) is 2.48. The summed E-state index contributed by atoms with van der Waals surface area (Å²) in [5.74, 6) is 0.809. The van der Waals surface area contributed by atoms with Gasteiger partial charge in [-0.3, -0.25) is 4.79 Å². The Bertz CT molecular complexity index is 371. The third kappa shape index (κ3) is 3.56. The Balaban J connectivity index is 1.84. The molecule has 0 bridgehead atoms. The van der Waals surface area contributed by atoms with Gasteiger partial charge < -0.3 is 5.32 Å². The minimum Gasteiger partial charge on any atom is -0.318 e. The topological polar surface area (TPSA) is 29.1 Å². The average molecular weight is 251 g/mol. The van der Waals surface area contributed by atoms with Crippen molar-refractivity contribution >= 4 is 22.2 Å². The summed E-state index contributed by atoms with van der Waals surface area (Å²) in [4.78, 5) is 13.2. The minimum atomic E-state index is 0.193. The molecule has 1 heterocycles. The van der Waals surface area contributed by atoms with Crippen LogP contribution in [-0.2, 0) is 4.79 Å². The molecule has 1 aromatic heterocycles. The molecule has 1 aliphatic rings. The summed E-state index contributed by atoms with van der Waals surface area (Å²) in [7, 11) is 0. The predicted octanol–water partition coefficient (Wildman–Crippen LogP) is 4.27. The van der Waals surface area contributed by atoms with Crippen molar-refractivity contribution < 1.29 is 4.79 Å². The zero-order valence-electron chi connectivity index (χ0n) is 10.7. The second-order valence-corrected chi connectivity index (χ2v) is 6.36. The first kappa shape index (κ1) is 12.6. The van der Waals surface area contributed by atoms with E-state index in [0.29, 0.717) is 12.3 Å². The van der Waals surface area contributed by atoms with Crippen LogP contribution in [0, 0.1) is 19.8 Å². The molecule has 3 heteroatoms. The van der Waals surface area contributed by atoms with Crippen molar-refractivity contribution in [2.45, 2.75) is 52.4 Å². The van der Waals surface area contributed by atoms with Crippen LogP contribution in [0.15, 0.2) is 6.07 Å². The van der Waals surface area contributed by atoms with Crippen molar-refractivity contribution in [2.75, 3.05) is 5.32 Å². The first-order chi connectivity index (χ1) is 8.15. The lowest BCUT2D eigenvalue weighted by Gasteiger charge is -2.20. The van der Waals surface area contributed by atoms with E-state index in [1.165, 1.54) is 42.5 Å². The van der Waals surface area contributed by atoms with E-state index in [2.05, 4.69) is 25.2 Å². The van der Waals surface area contributed by atoms with Crippen LogP contribution in [0.2, 0.25) is 0 Å². The Morgan fingerprint density at radius 2 is 2.06 bits per heavy atom. The molecule has 2 rings (SSSR count). The van der Waals surface area contributed by atoms with Crippen LogP contribution in [0.1, 0.15) is 49.0 Å². The zero-order valence-corrected chi connectivity index (χ0v) is 11.5. The number of aryl methyl sites for hydroxylation is 2. The summed E-state index contributed by atoms with van der Waals surface area (Å²) >= 11 is 1.67. The van der Waals surface area contributed by atoms with Gasteiger partial charge in [0.1, 0.15) is 0 Å². The first-order valence-corrected chi connectivity index (χ1v) is 7.33. The van der Waals surface area contributed by atoms with Crippen LogP contribution in [-0.4, -0.2) is 5.91 Å². The molecule has 0 unspecified atom stereocenters. The van der Waals surface area contributed by atoms with Gasteiger partial charge in [0, 0.05) is 11.3 Å². The number of thiophene rings is 1. The lowest BCUT2D eigenvalue weighted by atomic mass is 9.87. The van der Waals surface area contributed by atoms with E-state index in [4.69, 9.17) is 0 Å². The number of amides is 1. The molecule has 1 N–H and O–H groups in total. The molecular weight excluding hydrogens is 230 g/mol. The molecule has 1 saturated carbocycles. The summed E-state index contributed by atoms with van der Waals surface area (Å²) in [6, 6.07) is 2.07. The monoisotopic (exact) mass is 251 g/mol. The molecule has 1 fully saturated rings.